The lowest BCUT2D eigenvalue weighted by Gasteiger charge is -2.15. The smallest absolute Gasteiger partial charge is 0.310 e. The van der Waals surface area contributed by atoms with Gasteiger partial charge >= 0.3 is 5.97 Å². The Hall–Kier alpha value is -1.62. The van der Waals surface area contributed by atoms with Gasteiger partial charge in [0.25, 0.3) is 5.91 Å². The molecular weight excluding hydrogens is 268 g/mol. The van der Waals surface area contributed by atoms with Gasteiger partial charge in [0.05, 0.1) is 18.6 Å². The number of esters is 1. The third-order valence-corrected chi connectivity index (χ3v) is 3.60. The van der Waals surface area contributed by atoms with Gasteiger partial charge in [0.2, 0.25) is 0 Å². The minimum absolute atomic E-state index is 0.0941. The average Bonchev–Trinajstić information content (AvgIpc) is 2.80. The summed E-state index contributed by atoms with van der Waals surface area (Å²) in [6, 6.07) is 3.21. The van der Waals surface area contributed by atoms with E-state index < -0.39 is 0 Å². The summed E-state index contributed by atoms with van der Waals surface area (Å²) in [6.45, 7) is 2.87. The number of ether oxygens (including phenoxy) is 1. The van der Waals surface area contributed by atoms with E-state index in [2.05, 4.69) is 4.98 Å². The zero-order chi connectivity index (χ0) is 14.0. The van der Waals surface area contributed by atoms with Crippen molar-refractivity contribution < 1.29 is 14.3 Å². The molecule has 1 amide bonds. The van der Waals surface area contributed by atoms with Gasteiger partial charge in [-0.15, -0.1) is 0 Å². The highest BCUT2D eigenvalue weighted by atomic mass is 35.5. The van der Waals surface area contributed by atoms with Gasteiger partial charge in [-0.3, -0.25) is 9.59 Å². The first-order chi connectivity index (χ1) is 9.02. The third kappa shape index (κ3) is 2.87. The number of methoxy groups -OCH3 is 1. The molecule has 1 saturated heterocycles. The summed E-state index contributed by atoms with van der Waals surface area (Å²) in [4.78, 5) is 29.4. The summed E-state index contributed by atoms with van der Waals surface area (Å²) in [6.07, 6.45) is 1.45. The summed E-state index contributed by atoms with van der Waals surface area (Å²) in [7, 11) is 1.36. The van der Waals surface area contributed by atoms with Crippen molar-refractivity contribution in [3.05, 3.63) is 29.0 Å². The number of aromatic nitrogens is 1. The van der Waals surface area contributed by atoms with E-state index in [9.17, 15) is 9.59 Å². The maximum Gasteiger partial charge on any atom is 0.310 e. The number of likely N-dealkylation sites (tertiary alicyclic amines) is 1. The van der Waals surface area contributed by atoms with Gasteiger partial charge < -0.3 is 9.64 Å². The van der Waals surface area contributed by atoms with Crippen LogP contribution in [0.1, 0.15) is 17.3 Å². The molecular formula is C13H15ClN2O3. The predicted octanol–water partition coefficient (Wildman–Crippen LogP) is 1.62. The van der Waals surface area contributed by atoms with Crippen molar-refractivity contribution in [2.24, 2.45) is 11.8 Å². The summed E-state index contributed by atoms with van der Waals surface area (Å²) >= 11 is 5.69. The van der Waals surface area contributed by atoms with E-state index in [-0.39, 0.29) is 23.7 Å². The normalized spacial score (nSPS) is 22.4. The minimum atomic E-state index is -0.267. The number of carbonyl (C=O) groups excluding carboxylic acids is 2. The maximum atomic E-state index is 12.3. The number of pyridine rings is 1. The van der Waals surface area contributed by atoms with Gasteiger partial charge in [0, 0.05) is 19.3 Å². The lowest BCUT2D eigenvalue weighted by Crippen LogP contribution is -2.30. The number of amides is 1. The Morgan fingerprint density at radius 2 is 2.16 bits per heavy atom. The molecule has 0 radical (unpaired) electrons. The van der Waals surface area contributed by atoms with Crippen molar-refractivity contribution in [3.8, 4) is 0 Å². The summed E-state index contributed by atoms with van der Waals surface area (Å²) in [5.74, 6) is -0.565. The fraction of sp³-hybridized carbons (Fsp3) is 0.462. The highest BCUT2D eigenvalue weighted by Crippen LogP contribution is 2.25. The highest BCUT2D eigenvalue weighted by Gasteiger charge is 2.37. The number of carbonyl (C=O) groups is 2. The number of nitrogens with zero attached hydrogens (tertiary/aromatic N) is 2. The van der Waals surface area contributed by atoms with Crippen LogP contribution in [0.2, 0.25) is 5.15 Å². The lowest BCUT2D eigenvalue weighted by molar-refractivity contribution is -0.146. The van der Waals surface area contributed by atoms with Gasteiger partial charge in [-0.2, -0.15) is 0 Å². The van der Waals surface area contributed by atoms with Crippen LogP contribution in [-0.4, -0.2) is 42.0 Å². The lowest BCUT2D eigenvalue weighted by atomic mass is 9.99. The predicted molar refractivity (Wildman–Crippen MR) is 69.8 cm³/mol. The molecule has 2 unspecified atom stereocenters. The van der Waals surface area contributed by atoms with E-state index >= 15 is 0 Å². The number of halogens is 1. The number of hydrogen-bond acceptors (Lipinski definition) is 4. The Morgan fingerprint density at radius 1 is 1.42 bits per heavy atom. The molecule has 0 N–H and O–H groups in total. The van der Waals surface area contributed by atoms with Gasteiger partial charge in [0.15, 0.2) is 0 Å². The summed E-state index contributed by atoms with van der Waals surface area (Å²) in [5, 5.41) is 0.346. The molecule has 0 spiro atoms. The Labute approximate surface area is 116 Å². The SMILES string of the molecule is COC(=O)C1CN(C(=O)c2ccc(Cl)nc2)CC1C. The molecule has 102 valence electrons. The van der Waals surface area contributed by atoms with Gasteiger partial charge in [-0.05, 0) is 18.1 Å². The molecule has 1 aromatic heterocycles. The molecule has 1 aliphatic heterocycles. The average molecular weight is 283 g/mol. The quantitative estimate of drug-likeness (QED) is 0.611. The van der Waals surface area contributed by atoms with Crippen LogP contribution < -0.4 is 0 Å². The van der Waals surface area contributed by atoms with Gasteiger partial charge in [0.1, 0.15) is 5.15 Å². The van der Waals surface area contributed by atoms with E-state index in [1.807, 2.05) is 6.92 Å². The molecule has 2 atom stereocenters. The Kier molecular flexibility index (Phi) is 4.04. The van der Waals surface area contributed by atoms with Crippen molar-refractivity contribution in [1.29, 1.82) is 0 Å². The zero-order valence-electron chi connectivity index (χ0n) is 10.8. The van der Waals surface area contributed by atoms with Crippen LogP contribution in [0.15, 0.2) is 18.3 Å². The molecule has 0 saturated carbocycles. The monoisotopic (exact) mass is 282 g/mol. The van der Waals surface area contributed by atoms with Crippen molar-refractivity contribution >= 4 is 23.5 Å². The molecule has 19 heavy (non-hydrogen) atoms. The molecule has 5 nitrogen and oxygen atoms in total. The van der Waals surface area contributed by atoms with Crippen LogP contribution in [0.3, 0.4) is 0 Å². The number of hydrogen-bond donors (Lipinski definition) is 0. The van der Waals surface area contributed by atoms with Crippen LogP contribution in [-0.2, 0) is 9.53 Å². The van der Waals surface area contributed by atoms with E-state index in [4.69, 9.17) is 16.3 Å². The Morgan fingerprint density at radius 3 is 2.74 bits per heavy atom. The highest BCUT2D eigenvalue weighted by molar-refractivity contribution is 6.29. The molecule has 2 rings (SSSR count). The van der Waals surface area contributed by atoms with Crippen LogP contribution in [0.4, 0.5) is 0 Å². The van der Waals surface area contributed by atoms with E-state index in [1.165, 1.54) is 13.3 Å². The number of rotatable bonds is 2. The summed E-state index contributed by atoms with van der Waals surface area (Å²) < 4.78 is 4.75. The second kappa shape index (κ2) is 5.57. The first kappa shape index (κ1) is 13.8. The van der Waals surface area contributed by atoms with Crippen LogP contribution in [0, 0.1) is 11.8 Å². The molecule has 0 aliphatic carbocycles. The Balaban J connectivity index is 2.09. The molecule has 1 fully saturated rings. The van der Waals surface area contributed by atoms with E-state index in [0.29, 0.717) is 23.8 Å². The fourth-order valence-corrected chi connectivity index (χ4v) is 2.39. The second-order valence-corrected chi connectivity index (χ2v) is 5.07. The molecule has 0 aromatic carbocycles. The van der Waals surface area contributed by atoms with Crippen molar-refractivity contribution in [2.75, 3.05) is 20.2 Å². The first-order valence-corrected chi connectivity index (χ1v) is 6.39. The van der Waals surface area contributed by atoms with Crippen LogP contribution in [0.25, 0.3) is 0 Å². The van der Waals surface area contributed by atoms with Crippen molar-refractivity contribution in [1.82, 2.24) is 9.88 Å². The molecule has 0 bridgehead atoms. The fourth-order valence-electron chi connectivity index (χ4n) is 2.28. The molecule has 1 aromatic rings. The van der Waals surface area contributed by atoms with Crippen molar-refractivity contribution in [2.45, 2.75) is 6.92 Å². The summed E-state index contributed by atoms with van der Waals surface area (Å²) in [5.41, 5.74) is 0.474. The third-order valence-electron chi connectivity index (χ3n) is 3.38. The standard InChI is InChI=1S/C13H15ClN2O3/c1-8-6-16(7-10(8)13(18)19-2)12(17)9-3-4-11(14)15-5-9/h3-5,8,10H,6-7H2,1-2H3. The minimum Gasteiger partial charge on any atom is -0.469 e. The topological polar surface area (TPSA) is 59.5 Å². The first-order valence-electron chi connectivity index (χ1n) is 6.01. The largest absolute Gasteiger partial charge is 0.469 e. The molecule has 1 aliphatic rings. The van der Waals surface area contributed by atoms with E-state index in [1.54, 1.807) is 17.0 Å². The zero-order valence-corrected chi connectivity index (χ0v) is 11.6. The van der Waals surface area contributed by atoms with Crippen LogP contribution >= 0.6 is 11.6 Å². The van der Waals surface area contributed by atoms with Gasteiger partial charge in [-0.1, -0.05) is 18.5 Å². The van der Waals surface area contributed by atoms with Gasteiger partial charge in [-0.25, -0.2) is 4.98 Å². The van der Waals surface area contributed by atoms with Crippen LogP contribution in [0.5, 0.6) is 0 Å². The van der Waals surface area contributed by atoms with Crippen molar-refractivity contribution in [3.63, 3.8) is 0 Å². The molecule has 6 heteroatoms. The second-order valence-electron chi connectivity index (χ2n) is 4.69. The van der Waals surface area contributed by atoms with E-state index in [0.717, 1.165) is 0 Å². The Bertz CT molecular complexity index is 489. The maximum absolute atomic E-state index is 12.3. The molecule has 2 heterocycles.